The van der Waals surface area contributed by atoms with Gasteiger partial charge in [-0.05, 0) is 75.3 Å². The molecule has 0 radical (unpaired) electrons. The van der Waals surface area contributed by atoms with Crippen LogP contribution in [0.5, 0.6) is 0 Å². The van der Waals surface area contributed by atoms with Crippen molar-refractivity contribution in [3.63, 3.8) is 0 Å². The summed E-state index contributed by atoms with van der Waals surface area (Å²) in [5, 5.41) is 38.4. The van der Waals surface area contributed by atoms with E-state index < -0.39 is 140 Å². The number of aliphatic hydroxyl groups excluding tert-OH is 1. The number of aromatic nitrogens is 2. The number of nitrogens with two attached hydrogens (primary N) is 1. The Morgan fingerprint density at radius 1 is 0.724 bits per heavy atom. The lowest BCUT2D eigenvalue weighted by Crippen LogP contribution is -2.61. The van der Waals surface area contributed by atoms with Crippen LogP contribution in [0.25, 0.3) is 0 Å². The zero-order valence-corrected chi connectivity index (χ0v) is 50.9. The van der Waals surface area contributed by atoms with E-state index in [0.29, 0.717) is 24.2 Å². The molecule has 5 rings (SSSR count). The molecule has 28 heteroatoms. The zero-order valence-electron chi connectivity index (χ0n) is 50.0. The van der Waals surface area contributed by atoms with Gasteiger partial charge in [0.1, 0.15) is 36.3 Å². The Kier molecular flexibility index (Phi) is 28.1. The number of nitrogens with zero attached hydrogens (tertiary/aromatic N) is 3. The Balaban J connectivity index is 1.28. The number of carbonyl (C=O) groups excluding carboxylic acids is 9. The Labute approximate surface area is 506 Å². The van der Waals surface area contributed by atoms with Gasteiger partial charge in [-0.2, -0.15) is 0 Å². The first-order chi connectivity index (χ1) is 41.4. The van der Waals surface area contributed by atoms with Gasteiger partial charge < -0.3 is 62.2 Å². The summed E-state index contributed by atoms with van der Waals surface area (Å²) in [5.41, 5.74) is 8.00. The number of aliphatic carboxylic acids is 1. The number of carbonyl (C=O) groups is 10. The van der Waals surface area contributed by atoms with Crippen molar-refractivity contribution in [1.29, 1.82) is 0 Å². The highest BCUT2D eigenvalue weighted by molar-refractivity contribution is 7.47. The molecule has 2 aliphatic heterocycles. The molecule has 5 unspecified atom stereocenters. The molecule has 2 aliphatic rings. The minimum Gasteiger partial charge on any atom is -0.481 e. The number of phosphoric acid groups is 1. The number of rotatable bonds is 37. The molecule has 8 amide bonds. The van der Waals surface area contributed by atoms with E-state index in [2.05, 4.69) is 58.9 Å². The second-order valence-electron chi connectivity index (χ2n) is 22.5. The van der Waals surface area contributed by atoms with Crippen LogP contribution in [-0.4, -0.2) is 169 Å². The van der Waals surface area contributed by atoms with Gasteiger partial charge in [0.25, 0.3) is 0 Å². The summed E-state index contributed by atoms with van der Waals surface area (Å²) < 4.78 is 23.3. The first-order valence-electron chi connectivity index (χ1n) is 29.5. The monoisotopic (exact) mass is 1240 g/mol. The fraction of sp³-hybridized carbons (Fsp3) is 0.576. The smallest absolute Gasteiger partial charge is 0.472 e. The van der Waals surface area contributed by atoms with Gasteiger partial charge in [0.2, 0.25) is 47.3 Å². The molecule has 2 saturated heterocycles. The normalized spacial score (nSPS) is 18.8. The standard InChI is InChI=1S/C59H86N11O16P/c1-36(2)29-45(66-58(81)49-24-18-28-70(49)59(82)43-26-25-42(63-43)52(75)44(32-50(73)74)64-55(78)46(62-38(4)72)30-40-22-15-11-16-23-40)54(77)65-47(56(79)67-48(34-71)57(80)68-51(53(60)76)37(3)86-87(83,84)85-5)31-41-33-61-35-69(41)27-17-9-7-6-8-12-19-39-20-13-10-14-21-39/h10-11,13-16,20-23,33,35-37,42-49,51,63,71H,6-9,12,17-19,24-32,34H2,1-5H3,(H2,60,76)(H,62,72)(H,64,78)(H,65,77)(H,66,81)(H,67,79)(H,68,80)(H,73,74)(H,83,84)/t37-,42?,43?,44?,45+,46+,47+,48+,49+,51?/m1/s1. The predicted octanol–water partition coefficient (Wildman–Crippen LogP) is 1.01. The third-order valence-electron chi connectivity index (χ3n) is 15.2. The molecule has 0 aliphatic carbocycles. The highest BCUT2D eigenvalue weighted by Crippen LogP contribution is 2.43. The highest BCUT2D eigenvalue weighted by atomic mass is 31.2. The van der Waals surface area contributed by atoms with Crippen molar-refractivity contribution in [2.45, 2.75) is 191 Å². The van der Waals surface area contributed by atoms with Crippen molar-refractivity contribution in [3.8, 4) is 0 Å². The van der Waals surface area contributed by atoms with Crippen LogP contribution in [0, 0.1) is 5.92 Å². The molecule has 3 aromatic rings. The number of amides is 8. The number of hydrogen-bond donors (Lipinski definition) is 11. The third kappa shape index (κ3) is 22.7. The molecule has 87 heavy (non-hydrogen) atoms. The van der Waals surface area contributed by atoms with Crippen LogP contribution in [0.4, 0.5) is 0 Å². The van der Waals surface area contributed by atoms with E-state index in [1.54, 1.807) is 50.5 Å². The Morgan fingerprint density at radius 3 is 1.91 bits per heavy atom. The number of Topliss-reactive ketones (excluding diaryl/α,β-unsaturated/α-hetero) is 1. The summed E-state index contributed by atoms with van der Waals surface area (Å²) in [6, 6.07) is 6.92. The molecule has 0 bridgehead atoms. The van der Waals surface area contributed by atoms with Crippen LogP contribution >= 0.6 is 7.82 Å². The fourth-order valence-corrected chi connectivity index (χ4v) is 11.3. The van der Waals surface area contributed by atoms with Crippen LogP contribution < -0.4 is 43.0 Å². The molecule has 2 fully saturated rings. The van der Waals surface area contributed by atoms with Crippen LogP contribution in [-0.2, 0) is 87.4 Å². The van der Waals surface area contributed by atoms with E-state index in [1.165, 1.54) is 23.6 Å². The van der Waals surface area contributed by atoms with Crippen molar-refractivity contribution in [1.82, 2.24) is 51.7 Å². The number of unbranched alkanes of at least 4 members (excludes halogenated alkanes) is 5. The first kappa shape index (κ1) is 70.3. The molecule has 1 aromatic heterocycles. The SMILES string of the molecule is COP(=O)(O)O[C@H](C)C(NC(=O)[C@H](CO)NC(=O)[C@H](Cc1cncn1CCCCCCCCc1ccccc1)NC(=O)[C@H](CC(C)C)NC(=O)[C@@H]1CCCN1C(=O)C1CCC(C(=O)C(CC(=O)O)NC(=O)[C@H](Cc2ccccc2)NC(C)=O)N1)C(N)=O. The zero-order chi connectivity index (χ0) is 63.8. The molecule has 27 nitrogen and oxygen atoms in total. The van der Waals surface area contributed by atoms with Crippen molar-refractivity contribution >= 4 is 66.8 Å². The minimum absolute atomic E-state index is 0.0525. The maximum atomic E-state index is 14.6. The molecule has 0 spiro atoms. The Morgan fingerprint density at radius 2 is 1.30 bits per heavy atom. The van der Waals surface area contributed by atoms with Crippen LogP contribution in [0.2, 0.25) is 0 Å². The number of nitrogens with one attached hydrogen (secondary N) is 7. The molecule has 0 saturated carbocycles. The van der Waals surface area contributed by atoms with Gasteiger partial charge in [0.05, 0.1) is 43.6 Å². The number of primary amides is 1. The summed E-state index contributed by atoms with van der Waals surface area (Å²) in [7, 11) is -3.81. The number of aryl methyl sites for hydroxylation is 2. The summed E-state index contributed by atoms with van der Waals surface area (Å²) >= 11 is 0. The topological polar surface area (TPSA) is 398 Å². The lowest BCUT2D eigenvalue weighted by Gasteiger charge is -2.30. The van der Waals surface area contributed by atoms with Crippen LogP contribution in [0.15, 0.2) is 73.2 Å². The third-order valence-corrected chi connectivity index (χ3v) is 16.3. The molecular weight excluding hydrogens is 1150 g/mol. The first-order valence-corrected chi connectivity index (χ1v) is 31.0. The molecular formula is C59H86N11O16P. The van der Waals surface area contributed by atoms with E-state index >= 15 is 0 Å². The van der Waals surface area contributed by atoms with Crippen molar-refractivity contribution in [2.75, 3.05) is 20.3 Å². The number of hydrogen-bond acceptors (Lipinski definition) is 16. The van der Waals surface area contributed by atoms with Gasteiger partial charge in [-0.15, -0.1) is 0 Å². The van der Waals surface area contributed by atoms with E-state index in [9.17, 15) is 67.6 Å². The summed E-state index contributed by atoms with van der Waals surface area (Å²) in [4.78, 5) is 151. The van der Waals surface area contributed by atoms with Crippen molar-refractivity contribution < 1.29 is 76.7 Å². The molecule has 2 aromatic carbocycles. The number of aliphatic hydroxyl groups is 1. The lowest BCUT2D eigenvalue weighted by atomic mass is 9.99. The number of benzene rings is 2. The van der Waals surface area contributed by atoms with Gasteiger partial charge in [-0.1, -0.05) is 100 Å². The van der Waals surface area contributed by atoms with Crippen molar-refractivity contribution in [3.05, 3.63) is 90.0 Å². The molecule has 12 N–H and O–H groups in total. The second kappa shape index (κ2) is 34.8. The maximum Gasteiger partial charge on any atom is 0.472 e. The second-order valence-corrected chi connectivity index (χ2v) is 24.0. The number of carboxylic acid groups (broad SMARTS) is 1. The highest BCUT2D eigenvalue weighted by Gasteiger charge is 2.44. The van der Waals surface area contributed by atoms with Crippen LogP contribution in [0.3, 0.4) is 0 Å². The number of phosphoric ester groups is 1. The van der Waals surface area contributed by atoms with Gasteiger partial charge >= 0.3 is 13.8 Å². The molecule has 3 heterocycles. The van der Waals surface area contributed by atoms with Gasteiger partial charge in [0, 0.05) is 51.9 Å². The average molecular weight is 1240 g/mol. The quantitative estimate of drug-likeness (QED) is 0.0283. The lowest BCUT2D eigenvalue weighted by molar-refractivity contribution is -0.142. The Hall–Kier alpha value is -7.42. The number of likely N-dealkylation sites (tertiary alicyclic amines) is 1. The molecule has 478 valence electrons. The Bertz CT molecular complexity index is 2860. The van der Waals surface area contributed by atoms with E-state index in [4.69, 9.17) is 10.3 Å². The predicted molar refractivity (Wildman–Crippen MR) is 316 cm³/mol. The minimum atomic E-state index is -4.69. The summed E-state index contributed by atoms with van der Waals surface area (Å²) in [5.74, 6) is -8.94. The summed E-state index contributed by atoms with van der Waals surface area (Å²) in [6.07, 6.45) is 8.36. The van der Waals surface area contributed by atoms with Crippen molar-refractivity contribution in [2.24, 2.45) is 11.7 Å². The molecule has 11 atom stereocenters. The van der Waals surface area contributed by atoms with Gasteiger partial charge in [0.15, 0.2) is 5.78 Å². The van der Waals surface area contributed by atoms with E-state index in [1.807, 2.05) is 22.8 Å². The maximum absolute atomic E-state index is 14.6. The van der Waals surface area contributed by atoms with Gasteiger partial charge in [-0.3, -0.25) is 62.3 Å². The van der Waals surface area contributed by atoms with E-state index in [0.717, 1.165) is 59.0 Å². The van der Waals surface area contributed by atoms with Crippen LogP contribution in [0.1, 0.15) is 122 Å². The average Bonchev–Trinajstić information content (AvgIpc) is 2.42. The van der Waals surface area contributed by atoms with E-state index in [-0.39, 0.29) is 51.0 Å². The number of ketones is 1. The summed E-state index contributed by atoms with van der Waals surface area (Å²) in [6.45, 7) is 5.61. The number of imidazole rings is 1. The van der Waals surface area contributed by atoms with Gasteiger partial charge in [-0.25, -0.2) is 9.55 Å². The largest absolute Gasteiger partial charge is 0.481 e. The number of carboxylic acids is 1. The fourth-order valence-electron chi connectivity index (χ4n) is 10.7.